The van der Waals surface area contributed by atoms with E-state index in [0.717, 1.165) is 6.42 Å². The van der Waals surface area contributed by atoms with Crippen LogP contribution in [0.3, 0.4) is 0 Å². The van der Waals surface area contributed by atoms with E-state index >= 15 is 0 Å². The summed E-state index contributed by atoms with van der Waals surface area (Å²) in [6, 6.07) is 1.72. The molecular formula is C20H24ClF2N7O. The topological polar surface area (TPSA) is 121 Å². The number of rotatable bonds is 9. The summed E-state index contributed by atoms with van der Waals surface area (Å²) in [5.74, 6) is -3.07. The van der Waals surface area contributed by atoms with Gasteiger partial charge in [0.2, 0.25) is 5.91 Å². The second-order valence-electron chi connectivity index (χ2n) is 7.41. The van der Waals surface area contributed by atoms with Gasteiger partial charge in [-0.25, -0.2) is 23.7 Å². The number of hydrogen-bond donors (Lipinski definition) is 4. The summed E-state index contributed by atoms with van der Waals surface area (Å²) in [4.78, 5) is 27.8. The van der Waals surface area contributed by atoms with E-state index in [0.29, 0.717) is 34.5 Å². The van der Waals surface area contributed by atoms with E-state index in [-0.39, 0.29) is 18.1 Å². The summed E-state index contributed by atoms with van der Waals surface area (Å²) >= 11 is 5.98. The Hall–Kier alpha value is -3.01. The lowest BCUT2D eigenvalue weighted by atomic mass is 9.76. The number of carbonyl (C=O) groups is 1. The molecule has 0 aromatic carbocycles. The number of aromatic amines is 1. The predicted molar refractivity (Wildman–Crippen MR) is 117 cm³/mol. The van der Waals surface area contributed by atoms with Gasteiger partial charge in [-0.2, -0.15) is 0 Å². The van der Waals surface area contributed by atoms with Crippen molar-refractivity contribution in [3.63, 3.8) is 0 Å². The van der Waals surface area contributed by atoms with Crippen molar-refractivity contribution in [2.75, 3.05) is 6.54 Å². The molecule has 0 spiro atoms. The molecule has 1 amide bonds. The first-order chi connectivity index (χ1) is 14.7. The molecule has 11 heteroatoms. The zero-order valence-corrected chi connectivity index (χ0v) is 17.8. The van der Waals surface area contributed by atoms with Gasteiger partial charge in [-0.1, -0.05) is 25.1 Å². The number of nitrogens with zero attached hydrogens (tertiary/aromatic N) is 3. The summed E-state index contributed by atoms with van der Waals surface area (Å²) in [5.41, 5.74) is 6.27. The van der Waals surface area contributed by atoms with Crippen LogP contribution in [0.4, 0.5) is 8.78 Å². The smallest absolute Gasteiger partial charge is 0.264 e. The SMILES string of the molecule is C=C(/N=C\N=C(/N)c1c[nH]c2ncc(Cl)cc12)NC1(C(=O)NCC(F)(F)CC)CCC1. The number of carbonyl (C=O) groups excluding carboxylic acids is 1. The maximum absolute atomic E-state index is 13.4. The molecule has 3 rings (SSSR count). The van der Waals surface area contributed by atoms with Crippen LogP contribution in [0.2, 0.25) is 5.02 Å². The molecular weight excluding hydrogens is 428 g/mol. The number of amides is 1. The third kappa shape index (κ3) is 5.19. The van der Waals surface area contributed by atoms with Crippen LogP contribution < -0.4 is 16.4 Å². The van der Waals surface area contributed by atoms with Crippen LogP contribution >= 0.6 is 11.6 Å². The number of hydrogen-bond acceptors (Lipinski definition) is 4. The zero-order valence-electron chi connectivity index (χ0n) is 17.0. The highest BCUT2D eigenvalue weighted by Crippen LogP contribution is 2.33. The van der Waals surface area contributed by atoms with Crippen molar-refractivity contribution in [1.82, 2.24) is 20.6 Å². The Bertz CT molecular complexity index is 1040. The van der Waals surface area contributed by atoms with E-state index in [9.17, 15) is 13.6 Å². The van der Waals surface area contributed by atoms with Gasteiger partial charge in [-0.05, 0) is 25.3 Å². The van der Waals surface area contributed by atoms with Crippen LogP contribution in [-0.4, -0.2) is 46.1 Å². The summed E-state index contributed by atoms with van der Waals surface area (Å²) in [7, 11) is 0. The number of nitrogens with one attached hydrogen (secondary N) is 3. The molecule has 1 fully saturated rings. The minimum Gasteiger partial charge on any atom is -0.383 e. The van der Waals surface area contributed by atoms with Gasteiger partial charge in [0, 0.05) is 29.8 Å². The lowest BCUT2D eigenvalue weighted by Crippen LogP contribution is -2.61. The number of halogens is 3. The number of amidine groups is 1. The average Bonchev–Trinajstić information content (AvgIpc) is 3.12. The van der Waals surface area contributed by atoms with E-state index < -0.39 is 23.9 Å². The summed E-state index contributed by atoms with van der Waals surface area (Å²) < 4.78 is 26.9. The second-order valence-corrected chi connectivity index (χ2v) is 7.85. The fraction of sp³-hybridized carbons (Fsp3) is 0.400. The quantitative estimate of drug-likeness (QED) is 0.346. The molecule has 31 heavy (non-hydrogen) atoms. The van der Waals surface area contributed by atoms with E-state index in [2.05, 4.69) is 37.2 Å². The van der Waals surface area contributed by atoms with Crippen LogP contribution in [0.1, 0.15) is 38.2 Å². The molecule has 5 N–H and O–H groups in total. The largest absolute Gasteiger partial charge is 0.383 e. The molecule has 1 aliphatic rings. The Labute approximate surface area is 183 Å². The third-order valence-corrected chi connectivity index (χ3v) is 5.44. The van der Waals surface area contributed by atoms with Gasteiger partial charge < -0.3 is 21.4 Å². The molecule has 0 radical (unpaired) electrons. The monoisotopic (exact) mass is 451 g/mol. The Morgan fingerprint density at radius 3 is 2.90 bits per heavy atom. The van der Waals surface area contributed by atoms with Crippen LogP contribution in [-0.2, 0) is 4.79 Å². The van der Waals surface area contributed by atoms with Crippen molar-refractivity contribution in [1.29, 1.82) is 0 Å². The molecule has 1 aliphatic carbocycles. The molecule has 2 aromatic heterocycles. The van der Waals surface area contributed by atoms with Crippen molar-refractivity contribution in [3.8, 4) is 0 Å². The van der Waals surface area contributed by atoms with Crippen LogP contribution in [0.15, 0.2) is 40.8 Å². The van der Waals surface area contributed by atoms with Crippen molar-refractivity contribution >= 4 is 40.7 Å². The number of aliphatic imine (C=N–C) groups is 2. The summed E-state index contributed by atoms with van der Waals surface area (Å²) in [5, 5.41) is 6.44. The van der Waals surface area contributed by atoms with Gasteiger partial charge in [-0.3, -0.25) is 4.79 Å². The van der Waals surface area contributed by atoms with Gasteiger partial charge in [0.15, 0.2) is 0 Å². The van der Waals surface area contributed by atoms with Gasteiger partial charge in [0.1, 0.15) is 29.2 Å². The molecule has 0 saturated heterocycles. The van der Waals surface area contributed by atoms with E-state index in [1.165, 1.54) is 19.5 Å². The molecule has 0 aliphatic heterocycles. The molecule has 8 nitrogen and oxygen atoms in total. The van der Waals surface area contributed by atoms with E-state index in [1.54, 1.807) is 12.3 Å². The fourth-order valence-electron chi connectivity index (χ4n) is 3.17. The number of aromatic nitrogens is 2. The minimum absolute atomic E-state index is 0.178. The van der Waals surface area contributed by atoms with Crippen molar-refractivity contribution in [2.24, 2.45) is 15.7 Å². The van der Waals surface area contributed by atoms with Crippen LogP contribution in [0.25, 0.3) is 11.0 Å². The molecule has 1 saturated carbocycles. The van der Waals surface area contributed by atoms with Gasteiger partial charge in [-0.15, -0.1) is 0 Å². The molecule has 0 bridgehead atoms. The summed E-state index contributed by atoms with van der Waals surface area (Å²) in [6.07, 6.45) is 5.83. The van der Waals surface area contributed by atoms with Crippen molar-refractivity contribution in [3.05, 3.63) is 41.4 Å². The molecule has 2 heterocycles. The number of nitrogens with two attached hydrogens (primary N) is 1. The highest BCUT2D eigenvalue weighted by Gasteiger charge is 2.45. The van der Waals surface area contributed by atoms with Gasteiger partial charge in [0.05, 0.1) is 11.6 Å². The summed E-state index contributed by atoms with van der Waals surface area (Å²) in [6.45, 7) is 4.44. The zero-order chi connectivity index (χ0) is 22.6. The van der Waals surface area contributed by atoms with Crippen LogP contribution in [0, 0.1) is 0 Å². The first kappa shape index (κ1) is 22.7. The number of H-pyrrole nitrogens is 1. The van der Waals surface area contributed by atoms with Crippen molar-refractivity contribution in [2.45, 2.75) is 44.1 Å². The van der Waals surface area contributed by atoms with E-state index in [4.69, 9.17) is 17.3 Å². The number of pyridine rings is 1. The Kier molecular flexibility index (Phi) is 6.59. The maximum atomic E-state index is 13.4. The van der Waals surface area contributed by atoms with Gasteiger partial charge >= 0.3 is 0 Å². The first-order valence-corrected chi connectivity index (χ1v) is 10.2. The Morgan fingerprint density at radius 1 is 1.52 bits per heavy atom. The van der Waals surface area contributed by atoms with Crippen LogP contribution in [0.5, 0.6) is 0 Å². The first-order valence-electron chi connectivity index (χ1n) is 9.78. The van der Waals surface area contributed by atoms with E-state index in [1.807, 2.05) is 0 Å². The predicted octanol–water partition coefficient (Wildman–Crippen LogP) is 3.09. The Morgan fingerprint density at radius 2 is 2.26 bits per heavy atom. The Balaban J connectivity index is 1.63. The lowest BCUT2D eigenvalue weighted by Gasteiger charge is -2.41. The third-order valence-electron chi connectivity index (χ3n) is 5.23. The molecule has 0 atom stereocenters. The number of alkyl halides is 2. The standard InChI is InChI=1S/C20H24ClF2N7O/c1-3-20(22,23)10-27-18(31)19(5-4-6-19)30-12(2)28-11-29-16(24)15-9-26-17-14(15)7-13(21)8-25-17/h7-9,11,30H,2-6,10H2,1H3,(H,25,26)(H,27,31)(H2,24,28,29). The minimum atomic E-state index is -2.94. The normalized spacial score (nSPS) is 16.3. The molecule has 166 valence electrons. The highest BCUT2D eigenvalue weighted by molar-refractivity contribution is 6.31. The molecule has 2 aromatic rings. The number of fused-ring (bicyclic) bond motifs is 1. The van der Waals surface area contributed by atoms with Gasteiger partial charge in [0.25, 0.3) is 5.92 Å². The lowest BCUT2D eigenvalue weighted by molar-refractivity contribution is -0.132. The fourth-order valence-corrected chi connectivity index (χ4v) is 3.33. The average molecular weight is 452 g/mol. The maximum Gasteiger partial charge on any atom is 0.264 e. The second kappa shape index (κ2) is 9.01. The highest BCUT2D eigenvalue weighted by atomic mass is 35.5. The van der Waals surface area contributed by atoms with Crippen molar-refractivity contribution < 1.29 is 13.6 Å². The molecule has 0 unspecified atom stereocenters.